The van der Waals surface area contributed by atoms with Crippen LogP contribution in [0.3, 0.4) is 0 Å². The van der Waals surface area contributed by atoms with E-state index in [0.29, 0.717) is 11.8 Å². The van der Waals surface area contributed by atoms with Crippen LogP contribution in [0.15, 0.2) is 18.2 Å². The molecule has 1 aromatic rings. The lowest BCUT2D eigenvalue weighted by atomic mass is 9.87. The van der Waals surface area contributed by atoms with Crippen molar-refractivity contribution in [3.8, 4) is 5.75 Å². The maximum atomic E-state index is 14.1. The van der Waals surface area contributed by atoms with E-state index in [4.69, 9.17) is 4.74 Å². The topological polar surface area (TPSA) is 21.3 Å². The Balaban J connectivity index is 2.04. The van der Waals surface area contributed by atoms with E-state index in [0.717, 1.165) is 30.9 Å². The molecule has 2 rings (SSSR count). The van der Waals surface area contributed by atoms with Crippen molar-refractivity contribution >= 4 is 0 Å². The van der Waals surface area contributed by atoms with Crippen molar-refractivity contribution in [1.29, 1.82) is 0 Å². The average molecular weight is 251 g/mol. The van der Waals surface area contributed by atoms with Crippen LogP contribution in [0.4, 0.5) is 4.39 Å². The second kappa shape index (κ2) is 6.19. The van der Waals surface area contributed by atoms with Gasteiger partial charge in [-0.3, -0.25) is 0 Å². The highest BCUT2D eigenvalue weighted by Crippen LogP contribution is 2.25. The first-order valence-corrected chi connectivity index (χ1v) is 6.79. The summed E-state index contributed by atoms with van der Waals surface area (Å²) >= 11 is 0. The van der Waals surface area contributed by atoms with E-state index in [1.165, 1.54) is 20.0 Å². The summed E-state index contributed by atoms with van der Waals surface area (Å²) in [5.41, 5.74) is 0.753. The summed E-state index contributed by atoms with van der Waals surface area (Å²) in [4.78, 5) is 0. The summed E-state index contributed by atoms with van der Waals surface area (Å²) in [6, 6.07) is 5.78. The second-order valence-electron chi connectivity index (χ2n) is 5.09. The molecular formula is C15H22FNO. The third-order valence-corrected chi connectivity index (χ3v) is 3.91. The molecule has 2 nitrogen and oxygen atoms in total. The van der Waals surface area contributed by atoms with Crippen molar-refractivity contribution < 1.29 is 9.13 Å². The molecule has 0 bridgehead atoms. The molecule has 3 heteroatoms. The van der Waals surface area contributed by atoms with Gasteiger partial charge in [0.1, 0.15) is 0 Å². The number of hydrogen-bond acceptors (Lipinski definition) is 2. The highest BCUT2D eigenvalue weighted by Gasteiger charge is 2.21. The van der Waals surface area contributed by atoms with Crippen molar-refractivity contribution in [3.63, 3.8) is 0 Å². The number of ether oxygens (including phenoxy) is 1. The molecule has 2 atom stereocenters. The number of rotatable bonds is 4. The highest BCUT2D eigenvalue weighted by molar-refractivity contribution is 5.31. The Morgan fingerprint density at radius 1 is 1.44 bits per heavy atom. The van der Waals surface area contributed by atoms with Crippen molar-refractivity contribution in [2.24, 2.45) is 5.92 Å². The molecule has 1 heterocycles. The highest BCUT2D eigenvalue weighted by atomic mass is 19.1. The van der Waals surface area contributed by atoms with E-state index in [1.54, 1.807) is 6.07 Å². The summed E-state index contributed by atoms with van der Waals surface area (Å²) in [6.45, 7) is 3.29. The molecule has 0 aromatic heterocycles. The van der Waals surface area contributed by atoms with Crippen molar-refractivity contribution in [2.45, 2.75) is 38.6 Å². The largest absolute Gasteiger partial charge is 0.494 e. The Kier molecular flexibility index (Phi) is 4.59. The molecule has 18 heavy (non-hydrogen) atoms. The molecule has 0 amide bonds. The van der Waals surface area contributed by atoms with E-state index in [9.17, 15) is 4.39 Å². The third kappa shape index (κ3) is 3.02. The van der Waals surface area contributed by atoms with Gasteiger partial charge in [0.15, 0.2) is 11.6 Å². The van der Waals surface area contributed by atoms with Crippen LogP contribution in [0.1, 0.15) is 31.7 Å². The smallest absolute Gasteiger partial charge is 0.168 e. The fourth-order valence-electron chi connectivity index (χ4n) is 2.76. The number of methoxy groups -OCH3 is 1. The molecule has 1 fully saturated rings. The van der Waals surface area contributed by atoms with Crippen molar-refractivity contribution in [2.75, 3.05) is 13.7 Å². The van der Waals surface area contributed by atoms with Crippen molar-refractivity contribution in [3.05, 3.63) is 29.6 Å². The van der Waals surface area contributed by atoms with Crippen LogP contribution >= 0.6 is 0 Å². The molecular weight excluding hydrogens is 229 g/mol. The van der Waals surface area contributed by atoms with Gasteiger partial charge in [0.2, 0.25) is 0 Å². The maximum absolute atomic E-state index is 14.1. The normalized spacial score (nSPS) is 23.9. The molecule has 1 aromatic carbocycles. The van der Waals surface area contributed by atoms with Gasteiger partial charge in [-0.1, -0.05) is 25.5 Å². The number of hydrogen-bond donors (Lipinski definition) is 1. The Bertz CT molecular complexity index is 394. The lowest BCUT2D eigenvalue weighted by Crippen LogP contribution is -2.39. The fourth-order valence-corrected chi connectivity index (χ4v) is 2.76. The Hall–Kier alpha value is -1.09. The minimum absolute atomic E-state index is 0.208. The number of piperidine rings is 1. The quantitative estimate of drug-likeness (QED) is 0.887. The van der Waals surface area contributed by atoms with Gasteiger partial charge in [-0.2, -0.15) is 0 Å². The summed E-state index contributed by atoms with van der Waals surface area (Å²) in [5.74, 6) is 0.917. The molecule has 0 radical (unpaired) electrons. The van der Waals surface area contributed by atoms with Gasteiger partial charge in [-0.25, -0.2) is 4.39 Å². The van der Waals surface area contributed by atoms with Crippen LogP contribution in [-0.2, 0) is 6.42 Å². The Morgan fingerprint density at radius 2 is 2.28 bits per heavy atom. The van der Waals surface area contributed by atoms with Crippen LogP contribution in [0, 0.1) is 11.7 Å². The molecule has 1 aliphatic heterocycles. The molecule has 1 N–H and O–H groups in total. The minimum Gasteiger partial charge on any atom is -0.494 e. The zero-order valence-corrected chi connectivity index (χ0v) is 11.2. The molecule has 0 spiro atoms. The monoisotopic (exact) mass is 251 g/mol. The number of halogens is 1. The zero-order chi connectivity index (χ0) is 13.0. The van der Waals surface area contributed by atoms with E-state index < -0.39 is 0 Å². The second-order valence-corrected chi connectivity index (χ2v) is 5.09. The van der Waals surface area contributed by atoms with Crippen LogP contribution in [0.25, 0.3) is 0 Å². The standard InChI is InChI=1S/C15H22FNO/c1-3-11-7-8-17-13(9-11)10-12-5-4-6-14(18-2)15(12)16/h4-6,11,13,17H,3,7-10H2,1-2H3. The van der Waals surface area contributed by atoms with Crippen LogP contribution in [-0.4, -0.2) is 19.7 Å². The molecule has 100 valence electrons. The minimum atomic E-state index is -0.208. The van der Waals surface area contributed by atoms with Crippen LogP contribution in [0.5, 0.6) is 5.75 Å². The summed E-state index contributed by atoms with van der Waals surface area (Å²) in [7, 11) is 1.51. The fraction of sp³-hybridized carbons (Fsp3) is 0.600. The van der Waals surface area contributed by atoms with Gasteiger partial charge in [0, 0.05) is 6.04 Å². The van der Waals surface area contributed by atoms with Gasteiger partial charge in [0.25, 0.3) is 0 Å². The lowest BCUT2D eigenvalue weighted by molar-refractivity contribution is 0.291. The van der Waals surface area contributed by atoms with Crippen molar-refractivity contribution in [1.82, 2.24) is 5.32 Å². The van der Waals surface area contributed by atoms with Crippen LogP contribution in [0.2, 0.25) is 0 Å². The number of nitrogens with one attached hydrogen (secondary N) is 1. The summed E-state index contributed by atoms with van der Waals surface area (Å²) in [6.07, 6.45) is 4.36. The van der Waals surface area contributed by atoms with Gasteiger partial charge >= 0.3 is 0 Å². The first-order valence-electron chi connectivity index (χ1n) is 6.79. The maximum Gasteiger partial charge on any atom is 0.168 e. The van der Waals surface area contributed by atoms with Gasteiger partial charge in [0.05, 0.1) is 7.11 Å². The Morgan fingerprint density at radius 3 is 3.00 bits per heavy atom. The van der Waals surface area contributed by atoms with E-state index in [2.05, 4.69) is 12.2 Å². The van der Waals surface area contributed by atoms with Gasteiger partial charge in [-0.15, -0.1) is 0 Å². The SMILES string of the molecule is CCC1CCNC(Cc2cccc(OC)c2F)C1. The molecule has 1 aliphatic rings. The van der Waals surface area contributed by atoms with E-state index >= 15 is 0 Å². The molecule has 0 saturated carbocycles. The first kappa shape index (κ1) is 13.3. The molecule has 0 aliphatic carbocycles. The van der Waals surface area contributed by atoms with Gasteiger partial charge < -0.3 is 10.1 Å². The van der Waals surface area contributed by atoms with E-state index in [-0.39, 0.29) is 5.82 Å². The molecule has 1 saturated heterocycles. The third-order valence-electron chi connectivity index (χ3n) is 3.91. The Labute approximate surface area is 109 Å². The summed E-state index contributed by atoms with van der Waals surface area (Å²) in [5, 5.41) is 3.49. The number of benzene rings is 1. The summed E-state index contributed by atoms with van der Waals surface area (Å²) < 4.78 is 19.1. The predicted molar refractivity (Wildman–Crippen MR) is 71.5 cm³/mol. The average Bonchev–Trinajstić information content (AvgIpc) is 2.41. The predicted octanol–water partition coefficient (Wildman–Crippen LogP) is 3.16. The van der Waals surface area contributed by atoms with Gasteiger partial charge in [-0.05, 0) is 43.4 Å². The lowest BCUT2D eigenvalue weighted by Gasteiger charge is -2.30. The zero-order valence-electron chi connectivity index (χ0n) is 11.2. The van der Waals surface area contributed by atoms with E-state index in [1.807, 2.05) is 12.1 Å². The van der Waals surface area contributed by atoms with Crippen LogP contribution < -0.4 is 10.1 Å². The first-order chi connectivity index (χ1) is 8.74. The molecule has 2 unspecified atom stereocenters.